The van der Waals surface area contributed by atoms with Crippen molar-refractivity contribution in [2.75, 3.05) is 13.1 Å². The lowest BCUT2D eigenvalue weighted by Crippen LogP contribution is -2.36. The highest BCUT2D eigenvalue weighted by atomic mass is 35.5. The van der Waals surface area contributed by atoms with Crippen molar-refractivity contribution < 1.29 is 0 Å². The molecule has 0 unspecified atom stereocenters. The smallest absolute Gasteiger partial charge is 0.315 e. The zero-order valence-corrected chi connectivity index (χ0v) is 16.6. The van der Waals surface area contributed by atoms with E-state index in [4.69, 9.17) is 4.98 Å². The average Bonchev–Trinajstić information content (AvgIpc) is 3.27. The van der Waals surface area contributed by atoms with Gasteiger partial charge in [0.15, 0.2) is 11.5 Å². The Hall–Kier alpha value is -3.22. The van der Waals surface area contributed by atoms with Crippen molar-refractivity contribution in [2.24, 2.45) is 7.05 Å². The second kappa shape index (κ2) is 7.31. The molecule has 1 aliphatic rings. The van der Waals surface area contributed by atoms with Gasteiger partial charge in [-0.25, -0.2) is 19.3 Å². The van der Waals surface area contributed by atoms with Gasteiger partial charge in [-0.05, 0) is 31.5 Å². The minimum absolute atomic E-state index is 0. The number of hydrogen-bond acceptors (Lipinski definition) is 6. The molecular formula is C19H19ClN8O. The molecule has 1 aliphatic heterocycles. The summed E-state index contributed by atoms with van der Waals surface area (Å²) in [5.41, 5.74) is 3.27. The second-order valence-corrected chi connectivity index (χ2v) is 7.03. The second-order valence-electron chi connectivity index (χ2n) is 7.03. The summed E-state index contributed by atoms with van der Waals surface area (Å²) in [6.07, 6.45) is 7.07. The summed E-state index contributed by atoms with van der Waals surface area (Å²) < 4.78 is 5.06. The van der Waals surface area contributed by atoms with Crippen molar-refractivity contribution in [3.05, 3.63) is 46.8 Å². The van der Waals surface area contributed by atoms with Crippen LogP contribution in [0.4, 0.5) is 0 Å². The van der Waals surface area contributed by atoms with Crippen LogP contribution in [0.3, 0.4) is 0 Å². The molecule has 0 aliphatic carbocycles. The van der Waals surface area contributed by atoms with Crippen LogP contribution < -0.4 is 11.0 Å². The van der Waals surface area contributed by atoms with Crippen molar-refractivity contribution in [1.29, 1.82) is 5.26 Å². The van der Waals surface area contributed by atoms with Gasteiger partial charge in [0.2, 0.25) is 0 Å². The van der Waals surface area contributed by atoms with E-state index in [2.05, 4.69) is 21.5 Å². The van der Waals surface area contributed by atoms with Gasteiger partial charge in [0.1, 0.15) is 5.52 Å². The molecule has 0 spiro atoms. The fraction of sp³-hybridized carbons (Fsp3) is 0.316. The average molecular weight is 411 g/mol. The summed E-state index contributed by atoms with van der Waals surface area (Å²) >= 11 is 0. The molecule has 1 fully saturated rings. The molecule has 4 aromatic rings. The fourth-order valence-corrected chi connectivity index (χ4v) is 3.87. The molecule has 9 nitrogen and oxygen atoms in total. The maximum absolute atomic E-state index is 12.9. The van der Waals surface area contributed by atoms with Crippen LogP contribution in [0, 0.1) is 11.3 Å². The SMILES string of the molecule is Cl.Cn1c(=O)n([C@H]2CCCNC2)c2nc(-c3cnn4ccc(C#N)cc34)ncc21. The number of hydrogen-bond donors (Lipinski definition) is 1. The lowest BCUT2D eigenvalue weighted by atomic mass is 10.1. The molecule has 29 heavy (non-hydrogen) atoms. The number of nitriles is 1. The van der Waals surface area contributed by atoms with Crippen LogP contribution in [-0.4, -0.2) is 41.8 Å². The predicted octanol–water partition coefficient (Wildman–Crippen LogP) is 1.66. The first-order valence-electron chi connectivity index (χ1n) is 9.20. The van der Waals surface area contributed by atoms with E-state index in [1.54, 1.807) is 51.4 Å². The summed E-state index contributed by atoms with van der Waals surface area (Å²) in [4.78, 5) is 22.1. The van der Waals surface area contributed by atoms with Gasteiger partial charge in [-0.2, -0.15) is 10.4 Å². The van der Waals surface area contributed by atoms with E-state index in [1.807, 2.05) is 0 Å². The van der Waals surface area contributed by atoms with Crippen LogP contribution in [0.5, 0.6) is 0 Å². The number of aromatic nitrogens is 6. The Balaban J connectivity index is 0.00000205. The molecule has 0 aromatic carbocycles. The Labute approximate surface area is 172 Å². The Morgan fingerprint density at radius 2 is 2.17 bits per heavy atom. The summed E-state index contributed by atoms with van der Waals surface area (Å²) in [6, 6.07) is 5.68. The lowest BCUT2D eigenvalue weighted by Gasteiger charge is -2.23. The summed E-state index contributed by atoms with van der Waals surface area (Å²) in [6.45, 7) is 1.72. The molecule has 0 bridgehead atoms. The number of aryl methyl sites for hydroxylation is 1. The quantitative estimate of drug-likeness (QED) is 0.538. The van der Waals surface area contributed by atoms with Crippen molar-refractivity contribution in [3.63, 3.8) is 0 Å². The third kappa shape index (κ3) is 2.97. The highest BCUT2D eigenvalue weighted by molar-refractivity contribution is 5.85. The maximum Gasteiger partial charge on any atom is 0.330 e. The van der Waals surface area contributed by atoms with Crippen LogP contribution in [0.1, 0.15) is 24.4 Å². The third-order valence-electron chi connectivity index (χ3n) is 5.36. The Kier molecular flexibility index (Phi) is 4.82. The lowest BCUT2D eigenvalue weighted by molar-refractivity contribution is 0.368. The molecule has 0 amide bonds. The molecule has 5 heterocycles. The Bertz CT molecular complexity index is 1310. The number of nitrogens with zero attached hydrogens (tertiary/aromatic N) is 7. The number of nitrogens with one attached hydrogen (secondary N) is 1. The monoisotopic (exact) mass is 410 g/mol. The van der Waals surface area contributed by atoms with Gasteiger partial charge in [0.25, 0.3) is 0 Å². The molecule has 148 valence electrons. The molecule has 1 atom stereocenters. The fourth-order valence-electron chi connectivity index (χ4n) is 3.87. The number of halogens is 1. The summed E-state index contributed by atoms with van der Waals surface area (Å²) in [5, 5.41) is 16.9. The van der Waals surface area contributed by atoms with Gasteiger partial charge in [0, 0.05) is 19.8 Å². The molecule has 10 heteroatoms. The number of pyridine rings is 1. The van der Waals surface area contributed by atoms with Gasteiger partial charge in [-0.15, -0.1) is 12.4 Å². The van der Waals surface area contributed by atoms with Gasteiger partial charge >= 0.3 is 5.69 Å². The largest absolute Gasteiger partial charge is 0.330 e. The van der Waals surface area contributed by atoms with Crippen LogP contribution in [0.15, 0.2) is 35.5 Å². The zero-order valence-electron chi connectivity index (χ0n) is 15.7. The normalized spacial score (nSPS) is 16.6. The molecule has 1 N–H and O–H groups in total. The summed E-state index contributed by atoms with van der Waals surface area (Å²) in [7, 11) is 1.75. The van der Waals surface area contributed by atoms with Gasteiger partial charge in [-0.1, -0.05) is 0 Å². The Morgan fingerprint density at radius 1 is 1.31 bits per heavy atom. The van der Waals surface area contributed by atoms with Gasteiger partial charge in [0.05, 0.1) is 41.1 Å². The van der Waals surface area contributed by atoms with Gasteiger partial charge < -0.3 is 5.32 Å². The van der Waals surface area contributed by atoms with E-state index in [1.165, 1.54) is 0 Å². The van der Waals surface area contributed by atoms with Crippen LogP contribution in [0.25, 0.3) is 28.1 Å². The van der Waals surface area contributed by atoms with Crippen molar-refractivity contribution >= 4 is 29.1 Å². The first-order valence-corrected chi connectivity index (χ1v) is 9.20. The standard InChI is InChI=1S/C19H18N8O.ClH/c1-25-16-11-22-17(14-10-23-26-6-4-12(8-20)7-15(14)26)24-18(16)27(19(25)28)13-3-2-5-21-9-13;/h4,6-7,10-11,13,21H,2-3,5,9H2,1H3;1H/t13-;/m0./s1. The molecule has 4 aromatic heterocycles. The van der Waals surface area contributed by atoms with Crippen molar-refractivity contribution in [1.82, 2.24) is 34.0 Å². The van der Waals surface area contributed by atoms with Crippen molar-refractivity contribution in [3.8, 4) is 17.5 Å². The zero-order chi connectivity index (χ0) is 19.3. The van der Waals surface area contributed by atoms with Crippen LogP contribution in [0.2, 0.25) is 0 Å². The van der Waals surface area contributed by atoms with Crippen LogP contribution in [-0.2, 0) is 7.05 Å². The first-order chi connectivity index (χ1) is 13.7. The predicted molar refractivity (Wildman–Crippen MR) is 110 cm³/mol. The van der Waals surface area contributed by atoms with E-state index in [0.717, 1.165) is 37.0 Å². The highest BCUT2D eigenvalue weighted by Crippen LogP contribution is 2.25. The van der Waals surface area contributed by atoms with E-state index >= 15 is 0 Å². The first kappa shape index (κ1) is 19.1. The van der Waals surface area contributed by atoms with E-state index in [-0.39, 0.29) is 24.1 Å². The maximum atomic E-state index is 12.9. The number of fused-ring (bicyclic) bond motifs is 2. The molecule has 0 saturated carbocycles. The molecule has 1 saturated heterocycles. The van der Waals surface area contributed by atoms with Gasteiger partial charge in [-0.3, -0.25) is 9.13 Å². The third-order valence-corrected chi connectivity index (χ3v) is 5.36. The number of piperidine rings is 1. The minimum atomic E-state index is -0.0817. The number of rotatable bonds is 2. The molecular weight excluding hydrogens is 392 g/mol. The van der Waals surface area contributed by atoms with E-state index < -0.39 is 0 Å². The summed E-state index contributed by atoms with van der Waals surface area (Å²) in [5.74, 6) is 0.487. The van der Waals surface area contributed by atoms with Crippen LogP contribution >= 0.6 is 12.4 Å². The molecule has 5 rings (SSSR count). The minimum Gasteiger partial charge on any atom is -0.315 e. The Morgan fingerprint density at radius 3 is 2.93 bits per heavy atom. The highest BCUT2D eigenvalue weighted by Gasteiger charge is 2.23. The molecule has 0 radical (unpaired) electrons. The van der Waals surface area contributed by atoms with E-state index in [9.17, 15) is 10.1 Å². The number of imidazole rings is 1. The van der Waals surface area contributed by atoms with Crippen molar-refractivity contribution in [2.45, 2.75) is 18.9 Å². The topological polar surface area (TPSA) is 106 Å². The van der Waals surface area contributed by atoms with E-state index in [0.29, 0.717) is 22.6 Å².